The minimum Gasteiger partial charge on any atom is -0.396 e. The van der Waals surface area contributed by atoms with E-state index in [9.17, 15) is 15.3 Å². The van der Waals surface area contributed by atoms with Gasteiger partial charge in [0.15, 0.2) is 0 Å². The van der Waals surface area contributed by atoms with Crippen LogP contribution in [-0.4, -0.2) is 75.4 Å². The highest BCUT2D eigenvalue weighted by Crippen LogP contribution is 2.39. The predicted molar refractivity (Wildman–Crippen MR) is 120 cm³/mol. The highest BCUT2D eigenvalue weighted by atomic mass is 32.1. The lowest BCUT2D eigenvalue weighted by molar-refractivity contribution is 0.00446. The molecule has 0 amide bonds. The molecule has 7 N–H and O–H groups in total. The summed E-state index contributed by atoms with van der Waals surface area (Å²) in [5.41, 5.74) is 7.70. The monoisotopic (exact) mass is 446 g/mol. The summed E-state index contributed by atoms with van der Waals surface area (Å²) in [4.78, 5) is 13.6. The molecule has 1 aromatic carbocycles. The molecule has 166 valence electrons. The topological polar surface area (TPSA) is 159 Å². The number of benzene rings is 1. The summed E-state index contributed by atoms with van der Waals surface area (Å²) in [7, 11) is 1.60. The quantitative estimate of drug-likeness (QED) is 0.275. The number of nitrogens with one attached hydrogen (secondary N) is 2. The van der Waals surface area contributed by atoms with Crippen LogP contribution in [0.4, 0.5) is 17.6 Å². The van der Waals surface area contributed by atoms with Gasteiger partial charge in [0.2, 0.25) is 5.95 Å². The van der Waals surface area contributed by atoms with Gasteiger partial charge in [-0.1, -0.05) is 12.1 Å². The third-order valence-electron chi connectivity index (χ3n) is 5.39. The number of hydrogen-bond donors (Lipinski definition) is 6. The number of thiazole rings is 1. The molecule has 2 aromatic heterocycles. The Kier molecular flexibility index (Phi) is 6.49. The summed E-state index contributed by atoms with van der Waals surface area (Å²) in [5.74, 6) is 0.537. The summed E-state index contributed by atoms with van der Waals surface area (Å²) >= 11 is 1.47. The van der Waals surface area contributed by atoms with Crippen molar-refractivity contribution >= 4 is 39.1 Å². The first-order chi connectivity index (χ1) is 15.0. The van der Waals surface area contributed by atoms with Gasteiger partial charge in [-0.3, -0.25) is 0 Å². The van der Waals surface area contributed by atoms with E-state index in [4.69, 9.17) is 10.5 Å². The number of methoxy groups -OCH3 is 1. The number of ether oxygens (including phenoxy) is 1. The molecule has 0 bridgehead atoms. The Morgan fingerprint density at radius 2 is 2.00 bits per heavy atom. The first-order valence-corrected chi connectivity index (χ1v) is 10.8. The zero-order chi connectivity index (χ0) is 22.0. The number of nitrogens with two attached hydrogens (primary N) is 1. The van der Waals surface area contributed by atoms with Crippen LogP contribution in [0.3, 0.4) is 0 Å². The SMILES string of the molecule is COCCNc1nc(N)c(-c2nc3ccccc3s2)c(N[C@@H]2C[C@H](CO)[C@@H](O)[C@H]2O)n1. The molecule has 11 heteroatoms. The second kappa shape index (κ2) is 9.28. The van der Waals surface area contributed by atoms with Crippen LogP contribution in [0.25, 0.3) is 20.8 Å². The minimum atomic E-state index is -1.05. The van der Waals surface area contributed by atoms with E-state index >= 15 is 0 Å². The Hall–Kier alpha value is -2.57. The number of rotatable bonds is 8. The fourth-order valence-electron chi connectivity index (χ4n) is 3.74. The molecule has 1 aliphatic carbocycles. The number of aromatic nitrogens is 3. The van der Waals surface area contributed by atoms with Gasteiger partial charge in [-0.2, -0.15) is 9.97 Å². The summed E-state index contributed by atoms with van der Waals surface area (Å²) < 4.78 is 6.05. The molecule has 10 nitrogen and oxygen atoms in total. The molecule has 0 unspecified atom stereocenters. The third-order valence-corrected chi connectivity index (χ3v) is 6.45. The van der Waals surface area contributed by atoms with Crippen molar-refractivity contribution in [3.63, 3.8) is 0 Å². The molecule has 0 aliphatic heterocycles. The van der Waals surface area contributed by atoms with Gasteiger partial charge in [0, 0.05) is 26.2 Å². The molecule has 4 atom stereocenters. The molecule has 2 heterocycles. The number of para-hydroxylation sites is 1. The fraction of sp³-hybridized carbons (Fsp3) is 0.450. The van der Waals surface area contributed by atoms with Crippen LogP contribution in [0.2, 0.25) is 0 Å². The van der Waals surface area contributed by atoms with Crippen molar-refractivity contribution in [1.82, 2.24) is 15.0 Å². The van der Waals surface area contributed by atoms with Gasteiger partial charge in [0.1, 0.15) is 22.7 Å². The average Bonchev–Trinajstić information content (AvgIpc) is 3.29. The summed E-state index contributed by atoms with van der Waals surface area (Å²) in [6, 6.07) is 7.24. The zero-order valence-electron chi connectivity index (χ0n) is 17.0. The van der Waals surface area contributed by atoms with E-state index in [-0.39, 0.29) is 12.4 Å². The molecular formula is C20H26N6O4S. The Labute approximate surface area is 183 Å². The Bertz CT molecular complexity index is 1010. The lowest BCUT2D eigenvalue weighted by Gasteiger charge is -2.21. The zero-order valence-corrected chi connectivity index (χ0v) is 17.8. The molecule has 0 radical (unpaired) electrons. The molecule has 0 saturated heterocycles. The van der Waals surface area contributed by atoms with Crippen LogP contribution in [-0.2, 0) is 4.74 Å². The van der Waals surface area contributed by atoms with E-state index in [1.54, 1.807) is 7.11 Å². The van der Waals surface area contributed by atoms with Crippen molar-refractivity contribution < 1.29 is 20.1 Å². The van der Waals surface area contributed by atoms with Crippen molar-refractivity contribution in [1.29, 1.82) is 0 Å². The smallest absolute Gasteiger partial charge is 0.226 e. The van der Waals surface area contributed by atoms with Crippen molar-refractivity contribution in [2.75, 3.05) is 43.2 Å². The van der Waals surface area contributed by atoms with E-state index in [0.717, 1.165) is 10.2 Å². The van der Waals surface area contributed by atoms with Crippen LogP contribution in [0.5, 0.6) is 0 Å². The van der Waals surface area contributed by atoms with Crippen molar-refractivity contribution in [3.05, 3.63) is 24.3 Å². The van der Waals surface area contributed by atoms with Gasteiger partial charge in [0.25, 0.3) is 0 Å². The van der Waals surface area contributed by atoms with Crippen LogP contribution >= 0.6 is 11.3 Å². The molecular weight excluding hydrogens is 420 g/mol. The van der Waals surface area contributed by atoms with Crippen LogP contribution < -0.4 is 16.4 Å². The molecule has 1 aliphatic rings. The van der Waals surface area contributed by atoms with Crippen molar-refractivity contribution in [2.24, 2.45) is 5.92 Å². The van der Waals surface area contributed by atoms with Gasteiger partial charge in [-0.05, 0) is 18.6 Å². The maximum atomic E-state index is 10.5. The van der Waals surface area contributed by atoms with Gasteiger partial charge in [0.05, 0.1) is 34.5 Å². The summed E-state index contributed by atoms with van der Waals surface area (Å²) in [6.45, 7) is 0.751. The minimum absolute atomic E-state index is 0.211. The number of hydrogen-bond acceptors (Lipinski definition) is 11. The van der Waals surface area contributed by atoms with E-state index < -0.39 is 24.2 Å². The molecule has 31 heavy (non-hydrogen) atoms. The third kappa shape index (κ3) is 4.41. The molecule has 4 rings (SSSR count). The van der Waals surface area contributed by atoms with E-state index in [1.807, 2.05) is 24.3 Å². The number of aliphatic hydroxyl groups is 3. The average molecular weight is 447 g/mol. The number of nitrogens with zero attached hydrogens (tertiary/aromatic N) is 3. The van der Waals surface area contributed by atoms with Gasteiger partial charge in [-0.25, -0.2) is 4.98 Å². The van der Waals surface area contributed by atoms with Crippen LogP contribution in [0.15, 0.2) is 24.3 Å². The second-order valence-corrected chi connectivity index (χ2v) is 8.50. The van der Waals surface area contributed by atoms with E-state index in [2.05, 4.69) is 25.6 Å². The van der Waals surface area contributed by atoms with Crippen molar-refractivity contribution in [2.45, 2.75) is 24.7 Å². The lowest BCUT2D eigenvalue weighted by atomic mass is 10.1. The Balaban J connectivity index is 1.72. The highest BCUT2D eigenvalue weighted by Gasteiger charge is 2.41. The summed E-state index contributed by atoms with van der Waals surface area (Å²) in [5, 5.41) is 37.1. The Morgan fingerprint density at radius 3 is 2.71 bits per heavy atom. The largest absolute Gasteiger partial charge is 0.396 e. The molecule has 1 saturated carbocycles. The van der Waals surface area contributed by atoms with Gasteiger partial charge >= 0.3 is 0 Å². The van der Waals surface area contributed by atoms with E-state index in [1.165, 1.54) is 11.3 Å². The fourth-order valence-corrected chi connectivity index (χ4v) is 4.76. The van der Waals surface area contributed by atoms with E-state index in [0.29, 0.717) is 41.9 Å². The Morgan fingerprint density at radius 1 is 1.19 bits per heavy atom. The van der Waals surface area contributed by atoms with Gasteiger partial charge in [-0.15, -0.1) is 11.3 Å². The number of aliphatic hydroxyl groups excluding tert-OH is 3. The van der Waals surface area contributed by atoms with Crippen molar-refractivity contribution in [3.8, 4) is 10.6 Å². The maximum absolute atomic E-state index is 10.5. The molecule has 0 spiro atoms. The van der Waals surface area contributed by atoms with Crippen LogP contribution in [0.1, 0.15) is 6.42 Å². The first-order valence-electron chi connectivity index (χ1n) is 10.0. The molecule has 3 aromatic rings. The maximum Gasteiger partial charge on any atom is 0.226 e. The second-order valence-electron chi connectivity index (χ2n) is 7.47. The number of anilines is 3. The normalized spacial score (nSPS) is 23.4. The first kappa shape index (κ1) is 21.7. The van der Waals surface area contributed by atoms with Gasteiger partial charge < -0.3 is 36.4 Å². The highest BCUT2D eigenvalue weighted by molar-refractivity contribution is 7.21. The van der Waals surface area contributed by atoms with Crippen LogP contribution in [0, 0.1) is 5.92 Å². The summed E-state index contributed by atoms with van der Waals surface area (Å²) in [6.07, 6.45) is -1.69. The molecule has 1 fully saturated rings. The number of nitrogen functional groups attached to an aromatic ring is 1. The standard InChI is InChI=1S/C20H26N6O4S/c1-30-7-6-22-20-25-17(21)14(19-24-11-4-2-3-5-13(11)31-19)18(26-20)23-12-8-10(9-27)15(28)16(12)29/h2-5,10,12,15-16,27-29H,6-9H2,1H3,(H4,21,22,23,25,26)/t10-,12-,15-,16+/m1/s1. The lowest BCUT2D eigenvalue weighted by Crippen LogP contribution is -2.35. The number of fused-ring (bicyclic) bond motifs is 1. The predicted octanol–water partition coefficient (Wildman–Crippen LogP) is 0.908.